The zero-order chi connectivity index (χ0) is 15.1. The molecule has 3 N–H and O–H groups in total. The van der Waals surface area contributed by atoms with Gasteiger partial charge in [-0.1, -0.05) is 18.7 Å². The molecule has 9 heteroatoms. The smallest absolute Gasteiger partial charge is 0.321 e. The summed E-state index contributed by atoms with van der Waals surface area (Å²) in [6, 6.07) is -0.402. The molecule has 0 saturated carbocycles. The Morgan fingerprint density at radius 3 is 2.65 bits per heavy atom. The van der Waals surface area contributed by atoms with Gasteiger partial charge in [-0.25, -0.2) is 4.79 Å². The SMILES string of the molecule is CC[C@H](c1nnc(SCC(=O)NC(=O)NC)o1)[NH+](C)C. The molecule has 1 heterocycles. The lowest BCUT2D eigenvalue weighted by Crippen LogP contribution is -3.06. The van der Waals surface area contributed by atoms with Gasteiger partial charge in [0.05, 0.1) is 19.8 Å². The summed E-state index contributed by atoms with van der Waals surface area (Å²) in [6.07, 6.45) is 0.881. The predicted molar refractivity (Wildman–Crippen MR) is 73.5 cm³/mol. The molecule has 1 aromatic rings. The van der Waals surface area contributed by atoms with Crippen molar-refractivity contribution in [1.82, 2.24) is 20.8 Å². The number of nitrogens with one attached hydrogen (secondary N) is 3. The summed E-state index contributed by atoms with van der Waals surface area (Å²) >= 11 is 1.10. The summed E-state index contributed by atoms with van der Waals surface area (Å²) in [7, 11) is 5.47. The van der Waals surface area contributed by atoms with E-state index in [1.807, 2.05) is 21.0 Å². The third-order valence-corrected chi connectivity index (χ3v) is 3.45. The van der Waals surface area contributed by atoms with Crippen LogP contribution in [0.3, 0.4) is 0 Å². The van der Waals surface area contributed by atoms with Gasteiger partial charge in [-0.2, -0.15) is 0 Å². The first-order valence-electron chi connectivity index (χ1n) is 6.25. The second kappa shape index (κ2) is 7.85. The summed E-state index contributed by atoms with van der Waals surface area (Å²) < 4.78 is 5.52. The fourth-order valence-corrected chi connectivity index (χ4v) is 2.17. The maximum Gasteiger partial charge on any atom is 0.321 e. The minimum Gasteiger partial charge on any atom is -0.410 e. The van der Waals surface area contributed by atoms with Gasteiger partial charge in [0, 0.05) is 13.5 Å². The van der Waals surface area contributed by atoms with E-state index in [0.717, 1.165) is 18.2 Å². The summed E-state index contributed by atoms with van der Waals surface area (Å²) in [6.45, 7) is 2.05. The van der Waals surface area contributed by atoms with Crippen molar-refractivity contribution < 1.29 is 18.9 Å². The average Bonchev–Trinajstić information content (AvgIpc) is 2.85. The quantitative estimate of drug-likeness (QED) is 0.596. The third-order valence-electron chi connectivity index (χ3n) is 2.63. The second-order valence-electron chi connectivity index (χ2n) is 4.36. The van der Waals surface area contributed by atoms with Gasteiger partial charge in [0.15, 0.2) is 6.04 Å². The molecule has 0 bridgehead atoms. The molecular formula is C11H20N5O3S+. The number of carbonyl (C=O) groups is 2. The largest absolute Gasteiger partial charge is 0.410 e. The van der Waals surface area contributed by atoms with E-state index in [1.54, 1.807) is 0 Å². The van der Waals surface area contributed by atoms with Crippen LogP contribution in [0.4, 0.5) is 4.79 Å². The topological polar surface area (TPSA) is 102 Å². The molecule has 0 aliphatic rings. The third kappa shape index (κ3) is 4.82. The Morgan fingerprint density at radius 2 is 2.10 bits per heavy atom. The molecule has 1 atom stereocenters. The van der Waals surface area contributed by atoms with Crippen LogP contribution >= 0.6 is 11.8 Å². The molecular weight excluding hydrogens is 282 g/mol. The zero-order valence-electron chi connectivity index (χ0n) is 12.0. The normalized spacial score (nSPS) is 12.2. The maximum atomic E-state index is 11.4. The molecule has 20 heavy (non-hydrogen) atoms. The van der Waals surface area contributed by atoms with Crippen molar-refractivity contribution in [2.45, 2.75) is 24.6 Å². The fraction of sp³-hybridized carbons (Fsp3) is 0.636. The summed E-state index contributed by atoms with van der Waals surface area (Å²) in [5.74, 6) is 0.182. The summed E-state index contributed by atoms with van der Waals surface area (Å²) in [5, 5.41) is 12.7. The van der Waals surface area contributed by atoms with Crippen LogP contribution in [0.25, 0.3) is 0 Å². The van der Waals surface area contributed by atoms with Crippen molar-refractivity contribution in [1.29, 1.82) is 0 Å². The number of thioether (sulfide) groups is 1. The van der Waals surface area contributed by atoms with Crippen molar-refractivity contribution in [2.75, 3.05) is 26.9 Å². The van der Waals surface area contributed by atoms with E-state index in [4.69, 9.17) is 4.42 Å². The van der Waals surface area contributed by atoms with Crippen molar-refractivity contribution in [2.24, 2.45) is 0 Å². The van der Waals surface area contributed by atoms with Crippen LogP contribution in [0.2, 0.25) is 0 Å². The molecule has 112 valence electrons. The molecule has 8 nitrogen and oxygen atoms in total. The molecule has 0 unspecified atom stereocenters. The second-order valence-corrected chi connectivity index (χ2v) is 5.29. The average molecular weight is 302 g/mol. The van der Waals surface area contributed by atoms with Gasteiger partial charge >= 0.3 is 6.03 Å². The number of carbonyl (C=O) groups excluding carboxylic acids is 2. The minimum absolute atomic E-state index is 0.0423. The maximum absolute atomic E-state index is 11.4. The van der Waals surface area contributed by atoms with E-state index >= 15 is 0 Å². The summed E-state index contributed by atoms with van der Waals surface area (Å²) in [5.41, 5.74) is 0. The zero-order valence-corrected chi connectivity index (χ0v) is 12.8. The molecule has 1 aromatic heterocycles. The van der Waals surface area contributed by atoms with Crippen molar-refractivity contribution in [3.05, 3.63) is 5.89 Å². The van der Waals surface area contributed by atoms with Crippen molar-refractivity contribution in [3.8, 4) is 0 Å². The number of quaternary nitrogens is 1. The number of hydrogen-bond donors (Lipinski definition) is 3. The van der Waals surface area contributed by atoms with Gasteiger partial charge in [0.25, 0.3) is 11.1 Å². The van der Waals surface area contributed by atoms with Gasteiger partial charge in [0.1, 0.15) is 0 Å². The minimum atomic E-state index is -0.538. The Bertz CT molecular complexity index is 463. The first-order valence-corrected chi connectivity index (χ1v) is 7.24. The molecule has 0 radical (unpaired) electrons. The number of hydrogen-bond acceptors (Lipinski definition) is 6. The van der Waals surface area contributed by atoms with E-state index in [9.17, 15) is 9.59 Å². The fourth-order valence-electron chi connectivity index (χ4n) is 1.60. The number of amides is 3. The van der Waals surface area contributed by atoms with Crippen molar-refractivity contribution in [3.63, 3.8) is 0 Å². The molecule has 0 aliphatic heterocycles. The van der Waals surface area contributed by atoms with Crippen LogP contribution in [0.15, 0.2) is 9.64 Å². The van der Waals surface area contributed by atoms with Crippen LogP contribution in [0.1, 0.15) is 25.3 Å². The number of aromatic nitrogens is 2. The van der Waals surface area contributed by atoms with Gasteiger partial charge < -0.3 is 14.6 Å². The highest BCUT2D eigenvalue weighted by Crippen LogP contribution is 2.19. The van der Waals surface area contributed by atoms with Crippen LogP contribution in [-0.2, 0) is 4.79 Å². The van der Waals surface area contributed by atoms with Crippen molar-refractivity contribution >= 4 is 23.7 Å². The monoisotopic (exact) mass is 302 g/mol. The van der Waals surface area contributed by atoms with E-state index in [1.165, 1.54) is 11.9 Å². The van der Waals surface area contributed by atoms with E-state index < -0.39 is 11.9 Å². The Hall–Kier alpha value is -1.61. The summed E-state index contributed by atoms with van der Waals surface area (Å²) in [4.78, 5) is 23.5. The van der Waals surface area contributed by atoms with Crippen LogP contribution < -0.4 is 15.5 Å². The Kier molecular flexibility index (Phi) is 6.46. The predicted octanol–water partition coefficient (Wildman–Crippen LogP) is -0.787. The van der Waals surface area contributed by atoms with E-state index in [0.29, 0.717) is 11.1 Å². The Labute approximate surface area is 121 Å². The number of rotatable bonds is 6. The van der Waals surface area contributed by atoms with Gasteiger partial charge in [-0.15, -0.1) is 10.2 Å². The molecule has 0 aliphatic carbocycles. The molecule has 0 aromatic carbocycles. The lowest BCUT2D eigenvalue weighted by atomic mass is 10.2. The number of nitrogens with zero attached hydrogens (tertiary/aromatic N) is 2. The first-order chi connectivity index (χ1) is 9.47. The number of imide groups is 1. The van der Waals surface area contributed by atoms with Gasteiger partial charge in [-0.3, -0.25) is 10.1 Å². The van der Waals surface area contributed by atoms with E-state index in [2.05, 4.69) is 20.8 Å². The lowest BCUT2D eigenvalue weighted by molar-refractivity contribution is -0.894. The highest BCUT2D eigenvalue weighted by molar-refractivity contribution is 7.99. The van der Waals surface area contributed by atoms with Crippen LogP contribution in [0.5, 0.6) is 0 Å². The number of urea groups is 1. The molecule has 0 fully saturated rings. The Morgan fingerprint density at radius 1 is 1.40 bits per heavy atom. The first kappa shape index (κ1) is 16.4. The molecule has 0 spiro atoms. The Balaban J connectivity index is 2.52. The van der Waals surface area contributed by atoms with E-state index in [-0.39, 0.29) is 11.8 Å². The lowest BCUT2D eigenvalue weighted by Gasteiger charge is -2.15. The van der Waals surface area contributed by atoms with Gasteiger partial charge in [0.2, 0.25) is 5.91 Å². The van der Waals surface area contributed by atoms with Crippen LogP contribution in [0, 0.1) is 0 Å². The molecule has 0 saturated heterocycles. The highest BCUT2D eigenvalue weighted by Gasteiger charge is 2.22. The highest BCUT2D eigenvalue weighted by atomic mass is 32.2. The molecule has 3 amide bonds. The van der Waals surface area contributed by atoms with Gasteiger partial charge in [-0.05, 0) is 0 Å². The van der Waals surface area contributed by atoms with Crippen LogP contribution in [-0.4, -0.2) is 49.0 Å². The standard InChI is InChI=1S/C11H19N5O3S/c1-5-7(16(3)4)9-14-15-11(19-9)20-6-8(17)13-10(18)12-2/h7H,5-6H2,1-4H3,(H2,12,13,17,18)/p+1/t7-/m1/s1. The molecule has 1 rings (SSSR count).